The molecular weight excluding hydrogens is 351 g/mol. The molecule has 0 saturated carbocycles. The molecule has 3 aromatic rings. The molecular formula is C19H19FN4OS. The summed E-state index contributed by atoms with van der Waals surface area (Å²) in [6.07, 6.45) is 0. The fourth-order valence-electron chi connectivity index (χ4n) is 2.99. The lowest BCUT2D eigenvalue weighted by Crippen LogP contribution is -2.50. The second kappa shape index (κ2) is 6.92. The summed E-state index contributed by atoms with van der Waals surface area (Å²) in [6.45, 7) is 4.83. The first kappa shape index (κ1) is 16.8. The van der Waals surface area contributed by atoms with Gasteiger partial charge in [0.2, 0.25) is 0 Å². The minimum atomic E-state index is -0.317. The number of carbonyl (C=O) groups excluding carboxylic acids is 1. The monoisotopic (exact) mass is 370 g/mol. The standard InChI is InChI=1S/C19H19FN4OS/c1-13-2-7-16-17(12-13)26-19(22-16)24-10-8-23(9-11-24)18(25)21-15-5-3-14(20)4-6-15/h2-7,12H,8-11H2,1H3,(H,21,25). The molecule has 7 heteroatoms. The average Bonchev–Trinajstić information content (AvgIpc) is 3.07. The van der Waals surface area contributed by atoms with E-state index >= 15 is 0 Å². The molecule has 0 atom stereocenters. The third-order valence-corrected chi connectivity index (χ3v) is 5.54. The maximum Gasteiger partial charge on any atom is 0.321 e. The summed E-state index contributed by atoms with van der Waals surface area (Å²) in [7, 11) is 0. The Morgan fingerprint density at radius 1 is 1.12 bits per heavy atom. The van der Waals surface area contributed by atoms with Gasteiger partial charge in [-0.05, 0) is 48.9 Å². The zero-order valence-corrected chi connectivity index (χ0v) is 15.2. The largest absolute Gasteiger partial charge is 0.345 e. The molecule has 134 valence electrons. The molecule has 1 aliphatic heterocycles. The number of amides is 2. The third kappa shape index (κ3) is 3.48. The van der Waals surface area contributed by atoms with Gasteiger partial charge in [0.25, 0.3) is 0 Å². The normalized spacial score (nSPS) is 14.7. The SMILES string of the molecule is Cc1ccc2nc(N3CCN(C(=O)Nc4ccc(F)cc4)CC3)sc2c1. The van der Waals surface area contributed by atoms with Gasteiger partial charge in [0, 0.05) is 31.9 Å². The summed E-state index contributed by atoms with van der Waals surface area (Å²) in [4.78, 5) is 21.1. The Balaban J connectivity index is 1.38. The molecule has 2 aromatic carbocycles. The van der Waals surface area contributed by atoms with Crippen molar-refractivity contribution in [2.24, 2.45) is 0 Å². The number of fused-ring (bicyclic) bond motifs is 1. The van der Waals surface area contributed by atoms with E-state index in [4.69, 9.17) is 4.98 Å². The average molecular weight is 370 g/mol. The Kier molecular flexibility index (Phi) is 4.46. The lowest BCUT2D eigenvalue weighted by Gasteiger charge is -2.34. The van der Waals surface area contributed by atoms with Crippen LogP contribution in [0.2, 0.25) is 0 Å². The van der Waals surface area contributed by atoms with Crippen LogP contribution in [-0.4, -0.2) is 42.1 Å². The van der Waals surface area contributed by atoms with Crippen molar-refractivity contribution >= 4 is 38.4 Å². The van der Waals surface area contributed by atoms with Crippen LogP contribution < -0.4 is 10.2 Å². The molecule has 0 aliphatic carbocycles. The first-order chi connectivity index (χ1) is 12.6. The number of rotatable bonds is 2. The smallest absolute Gasteiger partial charge is 0.321 e. The predicted octanol–water partition coefficient (Wildman–Crippen LogP) is 4.10. The van der Waals surface area contributed by atoms with E-state index in [2.05, 4.69) is 35.3 Å². The number of hydrogen-bond donors (Lipinski definition) is 1. The minimum absolute atomic E-state index is 0.156. The number of urea groups is 1. The number of hydrogen-bond acceptors (Lipinski definition) is 4. The van der Waals surface area contributed by atoms with Gasteiger partial charge in [-0.15, -0.1) is 0 Å². The molecule has 1 aromatic heterocycles. The van der Waals surface area contributed by atoms with Crippen LogP contribution in [0.5, 0.6) is 0 Å². The number of aromatic nitrogens is 1. The Morgan fingerprint density at radius 2 is 1.85 bits per heavy atom. The summed E-state index contributed by atoms with van der Waals surface area (Å²) >= 11 is 1.69. The number of nitrogens with one attached hydrogen (secondary N) is 1. The number of benzene rings is 2. The van der Waals surface area contributed by atoms with Gasteiger partial charge in [-0.1, -0.05) is 17.4 Å². The Hall–Kier alpha value is -2.67. The van der Waals surface area contributed by atoms with Crippen LogP contribution in [0.3, 0.4) is 0 Å². The van der Waals surface area contributed by atoms with Crippen molar-refractivity contribution in [3.63, 3.8) is 0 Å². The van der Waals surface area contributed by atoms with Crippen molar-refractivity contribution in [2.75, 3.05) is 36.4 Å². The molecule has 0 bridgehead atoms. The van der Waals surface area contributed by atoms with Gasteiger partial charge in [-0.2, -0.15) is 0 Å². The van der Waals surface area contributed by atoms with E-state index in [1.54, 1.807) is 28.4 Å². The molecule has 0 unspecified atom stereocenters. The molecule has 1 N–H and O–H groups in total. The second-order valence-corrected chi connectivity index (χ2v) is 7.39. The molecule has 0 radical (unpaired) electrons. The zero-order valence-electron chi connectivity index (χ0n) is 14.4. The lowest BCUT2D eigenvalue weighted by atomic mass is 10.2. The number of anilines is 2. The van der Waals surface area contributed by atoms with Crippen LogP contribution in [-0.2, 0) is 0 Å². The molecule has 1 aliphatic rings. The third-order valence-electron chi connectivity index (χ3n) is 4.47. The molecule has 1 fully saturated rings. The molecule has 26 heavy (non-hydrogen) atoms. The van der Waals surface area contributed by atoms with E-state index in [0.29, 0.717) is 18.8 Å². The molecule has 0 spiro atoms. The van der Waals surface area contributed by atoms with Gasteiger partial charge in [-0.25, -0.2) is 14.2 Å². The highest BCUT2D eigenvalue weighted by Gasteiger charge is 2.23. The van der Waals surface area contributed by atoms with Crippen LogP contribution >= 0.6 is 11.3 Å². The Bertz CT molecular complexity index is 932. The first-order valence-corrected chi connectivity index (χ1v) is 9.34. The number of carbonyl (C=O) groups is 1. The number of thiazole rings is 1. The summed E-state index contributed by atoms with van der Waals surface area (Å²) < 4.78 is 14.1. The van der Waals surface area contributed by atoms with Crippen molar-refractivity contribution in [2.45, 2.75) is 6.92 Å². The maximum absolute atomic E-state index is 12.9. The fourth-order valence-corrected chi connectivity index (χ4v) is 4.11. The summed E-state index contributed by atoms with van der Waals surface area (Å²) in [6, 6.07) is 11.9. The van der Waals surface area contributed by atoms with Crippen LogP contribution in [0.1, 0.15) is 5.56 Å². The highest BCUT2D eigenvalue weighted by atomic mass is 32.1. The molecule has 5 nitrogen and oxygen atoms in total. The number of halogens is 1. The summed E-state index contributed by atoms with van der Waals surface area (Å²) in [5.41, 5.74) is 2.85. The number of aryl methyl sites for hydroxylation is 1. The highest BCUT2D eigenvalue weighted by Crippen LogP contribution is 2.30. The molecule has 2 heterocycles. The quantitative estimate of drug-likeness (QED) is 0.739. The Morgan fingerprint density at radius 3 is 2.58 bits per heavy atom. The van der Waals surface area contributed by atoms with Crippen molar-refractivity contribution < 1.29 is 9.18 Å². The van der Waals surface area contributed by atoms with E-state index in [-0.39, 0.29) is 11.8 Å². The molecule has 2 amide bonds. The van der Waals surface area contributed by atoms with Gasteiger partial charge in [-0.3, -0.25) is 0 Å². The maximum atomic E-state index is 12.9. The summed E-state index contributed by atoms with van der Waals surface area (Å²) in [5.74, 6) is -0.317. The second-order valence-electron chi connectivity index (χ2n) is 6.38. The highest BCUT2D eigenvalue weighted by molar-refractivity contribution is 7.22. The Labute approximate surface area is 155 Å². The van der Waals surface area contributed by atoms with E-state index in [0.717, 1.165) is 23.7 Å². The fraction of sp³-hybridized carbons (Fsp3) is 0.263. The number of nitrogens with zero attached hydrogens (tertiary/aromatic N) is 3. The van der Waals surface area contributed by atoms with E-state index < -0.39 is 0 Å². The minimum Gasteiger partial charge on any atom is -0.345 e. The molecule has 4 rings (SSSR count). The van der Waals surface area contributed by atoms with E-state index in [1.165, 1.54) is 22.4 Å². The predicted molar refractivity (Wildman–Crippen MR) is 104 cm³/mol. The van der Waals surface area contributed by atoms with Crippen molar-refractivity contribution in [3.8, 4) is 0 Å². The first-order valence-electron chi connectivity index (χ1n) is 8.52. The van der Waals surface area contributed by atoms with Crippen LogP contribution in [0.4, 0.5) is 20.0 Å². The van der Waals surface area contributed by atoms with E-state index in [1.807, 2.05) is 0 Å². The topological polar surface area (TPSA) is 48.5 Å². The van der Waals surface area contributed by atoms with Crippen LogP contribution in [0, 0.1) is 12.7 Å². The van der Waals surface area contributed by atoms with Gasteiger partial charge in [0.05, 0.1) is 10.2 Å². The number of piperazine rings is 1. The van der Waals surface area contributed by atoms with Crippen molar-refractivity contribution in [1.29, 1.82) is 0 Å². The van der Waals surface area contributed by atoms with Gasteiger partial charge in [0.15, 0.2) is 5.13 Å². The van der Waals surface area contributed by atoms with Crippen molar-refractivity contribution in [3.05, 3.63) is 53.8 Å². The van der Waals surface area contributed by atoms with Crippen LogP contribution in [0.15, 0.2) is 42.5 Å². The van der Waals surface area contributed by atoms with Gasteiger partial charge < -0.3 is 15.1 Å². The summed E-state index contributed by atoms with van der Waals surface area (Å²) in [5, 5.41) is 3.81. The zero-order chi connectivity index (χ0) is 18.1. The molecule has 1 saturated heterocycles. The van der Waals surface area contributed by atoms with Crippen LogP contribution in [0.25, 0.3) is 10.2 Å². The van der Waals surface area contributed by atoms with E-state index in [9.17, 15) is 9.18 Å². The van der Waals surface area contributed by atoms with Crippen molar-refractivity contribution in [1.82, 2.24) is 9.88 Å². The van der Waals surface area contributed by atoms with Gasteiger partial charge in [0.1, 0.15) is 5.82 Å². The lowest BCUT2D eigenvalue weighted by molar-refractivity contribution is 0.208. The van der Waals surface area contributed by atoms with Gasteiger partial charge >= 0.3 is 6.03 Å².